The SMILES string of the molecule is CCN(Cc1nc(NN)ccc1Cl)C(C)COC. The van der Waals surface area contributed by atoms with E-state index < -0.39 is 0 Å². The Bertz CT molecular complexity index is 375. The van der Waals surface area contributed by atoms with E-state index in [2.05, 4.69) is 29.2 Å². The fourth-order valence-electron chi connectivity index (χ4n) is 1.79. The molecule has 0 aliphatic heterocycles. The Balaban J connectivity index is 2.80. The Morgan fingerprint density at radius 3 is 2.83 bits per heavy atom. The van der Waals surface area contributed by atoms with E-state index >= 15 is 0 Å². The highest BCUT2D eigenvalue weighted by molar-refractivity contribution is 6.31. The van der Waals surface area contributed by atoms with Crippen LogP contribution in [0.5, 0.6) is 0 Å². The molecule has 0 aromatic carbocycles. The van der Waals surface area contributed by atoms with E-state index in [0.29, 0.717) is 30.0 Å². The molecule has 18 heavy (non-hydrogen) atoms. The number of anilines is 1. The number of nitrogens with two attached hydrogens (primary N) is 1. The quantitative estimate of drug-likeness (QED) is 0.586. The summed E-state index contributed by atoms with van der Waals surface area (Å²) >= 11 is 6.15. The monoisotopic (exact) mass is 272 g/mol. The number of hydrazine groups is 1. The summed E-state index contributed by atoms with van der Waals surface area (Å²) in [6, 6.07) is 3.86. The molecule has 0 saturated carbocycles. The minimum absolute atomic E-state index is 0.312. The number of hydrogen-bond donors (Lipinski definition) is 2. The van der Waals surface area contributed by atoms with Crippen molar-refractivity contribution < 1.29 is 4.74 Å². The number of nitrogens with zero attached hydrogens (tertiary/aromatic N) is 2. The number of aromatic nitrogens is 1. The van der Waals surface area contributed by atoms with Crippen LogP contribution in [-0.4, -0.2) is 36.2 Å². The van der Waals surface area contributed by atoms with Crippen LogP contribution in [0.2, 0.25) is 5.02 Å². The summed E-state index contributed by atoms with van der Waals surface area (Å²) in [5.74, 6) is 5.97. The highest BCUT2D eigenvalue weighted by Crippen LogP contribution is 2.19. The number of ether oxygens (including phenoxy) is 1. The molecule has 0 aliphatic carbocycles. The van der Waals surface area contributed by atoms with E-state index in [-0.39, 0.29) is 0 Å². The highest BCUT2D eigenvalue weighted by atomic mass is 35.5. The molecule has 1 aromatic rings. The normalized spacial score (nSPS) is 12.8. The fourth-order valence-corrected chi connectivity index (χ4v) is 1.96. The summed E-state index contributed by atoms with van der Waals surface area (Å²) in [7, 11) is 1.70. The number of pyridine rings is 1. The molecule has 102 valence electrons. The second kappa shape index (κ2) is 7.53. The van der Waals surface area contributed by atoms with Gasteiger partial charge in [0.05, 0.1) is 17.3 Å². The molecule has 5 nitrogen and oxygen atoms in total. The maximum atomic E-state index is 6.15. The van der Waals surface area contributed by atoms with Crippen molar-refractivity contribution in [3.05, 3.63) is 22.8 Å². The van der Waals surface area contributed by atoms with Crippen LogP contribution in [0.1, 0.15) is 19.5 Å². The Hall–Kier alpha value is -0.880. The van der Waals surface area contributed by atoms with Crippen LogP contribution < -0.4 is 11.3 Å². The molecule has 1 atom stereocenters. The van der Waals surface area contributed by atoms with Crippen LogP contribution in [0.25, 0.3) is 0 Å². The summed E-state index contributed by atoms with van der Waals surface area (Å²) in [6.07, 6.45) is 0. The van der Waals surface area contributed by atoms with Gasteiger partial charge in [-0.15, -0.1) is 0 Å². The Kier molecular flexibility index (Phi) is 6.35. The number of halogens is 1. The van der Waals surface area contributed by atoms with Crippen molar-refractivity contribution in [1.82, 2.24) is 9.88 Å². The zero-order valence-electron chi connectivity index (χ0n) is 11.1. The van der Waals surface area contributed by atoms with Crippen LogP contribution in [0.4, 0.5) is 5.82 Å². The predicted molar refractivity (Wildman–Crippen MR) is 74.5 cm³/mol. The van der Waals surface area contributed by atoms with Gasteiger partial charge in [-0.1, -0.05) is 18.5 Å². The molecular weight excluding hydrogens is 252 g/mol. The maximum Gasteiger partial charge on any atom is 0.140 e. The maximum absolute atomic E-state index is 6.15. The minimum Gasteiger partial charge on any atom is -0.383 e. The van der Waals surface area contributed by atoms with Crippen molar-refractivity contribution in [2.24, 2.45) is 5.84 Å². The lowest BCUT2D eigenvalue weighted by atomic mass is 10.2. The topological polar surface area (TPSA) is 63.4 Å². The second-order valence-corrected chi connectivity index (χ2v) is 4.54. The van der Waals surface area contributed by atoms with Gasteiger partial charge in [0, 0.05) is 19.7 Å². The average Bonchev–Trinajstić information content (AvgIpc) is 2.38. The third-order valence-electron chi connectivity index (χ3n) is 2.86. The van der Waals surface area contributed by atoms with Crippen molar-refractivity contribution in [1.29, 1.82) is 0 Å². The summed E-state index contributed by atoms with van der Waals surface area (Å²) < 4.78 is 5.17. The third-order valence-corrected chi connectivity index (χ3v) is 3.20. The summed E-state index contributed by atoms with van der Waals surface area (Å²) in [4.78, 5) is 6.62. The first-order valence-electron chi connectivity index (χ1n) is 5.97. The highest BCUT2D eigenvalue weighted by Gasteiger charge is 2.15. The van der Waals surface area contributed by atoms with E-state index in [4.69, 9.17) is 22.2 Å². The van der Waals surface area contributed by atoms with Crippen LogP contribution in [0.3, 0.4) is 0 Å². The number of hydrogen-bond acceptors (Lipinski definition) is 5. The van der Waals surface area contributed by atoms with E-state index in [9.17, 15) is 0 Å². The molecular formula is C12H21ClN4O. The number of rotatable bonds is 7. The minimum atomic E-state index is 0.312. The molecule has 0 fully saturated rings. The Labute approximate surface area is 113 Å². The summed E-state index contributed by atoms with van der Waals surface area (Å²) in [5.41, 5.74) is 3.34. The number of nitrogens with one attached hydrogen (secondary N) is 1. The molecule has 0 spiro atoms. The van der Waals surface area contributed by atoms with Crippen LogP contribution >= 0.6 is 11.6 Å². The van der Waals surface area contributed by atoms with E-state index in [0.717, 1.165) is 12.2 Å². The fraction of sp³-hybridized carbons (Fsp3) is 0.583. The molecule has 1 aromatic heterocycles. The number of likely N-dealkylation sites (N-methyl/N-ethyl adjacent to an activating group) is 1. The molecule has 0 radical (unpaired) electrons. The molecule has 1 unspecified atom stereocenters. The van der Waals surface area contributed by atoms with E-state index in [1.54, 1.807) is 19.2 Å². The predicted octanol–water partition coefficient (Wildman–Crippen LogP) is 1.88. The molecule has 6 heteroatoms. The largest absolute Gasteiger partial charge is 0.383 e. The van der Waals surface area contributed by atoms with Crippen molar-refractivity contribution in [3.8, 4) is 0 Å². The van der Waals surface area contributed by atoms with Gasteiger partial charge in [-0.05, 0) is 25.6 Å². The molecule has 3 N–H and O–H groups in total. The van der Waals surface area contributed by atoms with Gasteiger partial charge in [-0.25, -0.2) is 10.8 Å². The first-order valence-corrected chi connectivity index (χ1v) is 6.35. The number of methoxy groups -OCH3 is 1. The zero-order chi connectivity index (χ0) is 13.5. The van der Waals surface area contributed by atoms with Gasteiger partial charge in [0.2, 0.25) is 0 Å². The molecule has 0 amide bonds. The van der Waals surface area contributed by atoms with Gasteiger partial charge < -0.3 is 10.2 Å². The Morgan fingerprint density at radius 1 is 1.56 bits per heavy atom. The summed E-state index contributed by atoms with van der Waals surface area (Å²) in [6.45, 7) is 6.48. The van der Waals surface area contributed by atoms with Gasteiger partial charge in [-0.2, -0.15) is 0 Å². The molecule has 1 rings (SSSR count). The van der Waals surface area contributed by atoms with Crippen molar-refractivity contribution in [3.63, 3.8) is 0 Å². The molecule has 1 heterocycles. The van der Waals surface area contributed by atoms with E-state index in [1.165, 1.54) is 0 Å². The standard InChI is InChI=1S/C12H21ClN4O/c1-4-17(9(2)8-18-3)7-11-10(13)5-6-12(15-11)16-14/h5-6,9H,4,7-8,14H2,1-3H3,(H,15,16). The van der Waals surface area contributed by atoms with Crippen molar-refractivity contribution in [2.75, 3.05) is 25.7 Å². The van der Waals surface area contributed by atoms with Gasteiger partial charge in [-0.3, -0.25) is 4.90 Å². The zero-order valence-corrected chi connectivity index (χ0v) is 11.9. The smallest absolute Gasteiger partial charge is 0.140 e. The lowest BCUT2D eigenvalue weighted by Gasteiger charge is -2.27. The summed E-state index contributed by atoms with van der Waals surface area (Å²) in [5, 5.41) is 0.650. The number of nitrogen functional groups attached to an aromatic ring is 1. The van der Waals surface area contributed by atoms with Crippen molar-refractivity contribution >= 4 is 17.4 Å². The molecule has 0 saturated heterocycles. The Morgan fingerprint density at radius 2 is 2.28 bits per heavy atom. The van der Waals surface area contributed by atoms with Crippen LogP contribution in [0.15, 0.2) is 12.1 Å². The second-order valence-electron chi connectivity index (χ2n) is 4.14. The first kappa shape index (κ1) is 15.2. The van der Waals surface area contributed by atoms with Gasteiger partial charge >= 0.3 is 0 Å². The van der Waals surface area contributed by atoms with E-state index in [1.807, 2.05) is 0 Å². The van der Waals surface area contributed by atoms with Gasteiger partial charge in [0.15, 0.2) is 0 Å². The average molecular weight is 273 g/mol. The van der Waals surface area contributed by atoms with Crippen molar-refractivity contribution in [2.45, 2.75) is 26.4 Å². The molecule has 0 aliphatic rings. The lowest BCUT2D eigenvalue weighted by molar-refractivity contribution is 0.0974. The first-order chi connectivity index (χ1) is 8.62. The van der Waals surface area contributed by atoms with Gasteiger partial charge in [0.25, 0.3) is 0 Å². The van der Waals surface area contributed by atoms with Crippen LogP contribution in [0, 0.1) is 0 Å². The third kappa shape index (κ3) is 4.10. The lowest BCUT2D eigenvalue weighted by Crippen LogP contribution is -2.36. The molecule has 0 bridgehead atoms. The van der Waals surface area contributed by atoms with Gasteiger partial charge in [0.1, 0.15) is 5.82 Å². The van der Waals surface area contributed by atoms with Crippen LogP contribution in [-0.2, 0) is 11.3 Å².